The number of nitrogens with two attached hydrogens (primary N) is 2. The van der Waals surface area contributed by atoms with Crippen LogP contribution in [0.4, 0.5) is 11.8 Å². The number of anilines is 2. The molecule has 0 atom stereocenters. The van der Waals surface area contributed by atoms with Gasteiger partial charge in [-0.05, 0) is 20.8 Å². The maximum Gasteiger partial charge on any atom is 0.242 e. The summed E-state index contributed by atoms with van der Waals surface area (Å²) >= 11 is 0. The molecular formula is C9H16N6O. The van der Waals surface area contributed by atoms with Crippen LogP contribution in [0.1, 0.15) is 19.5 Å². The molecule has 0 aliphatic carbocycles. The van der Waals surface area contributed by atoms with E-state index in [1.165, 1.54) is 0 Å². The molecule has 0 unspecified atom stereocenters. The quantitative estimate of drug-likeness (QED) is 0.413. The summed E-state index contributed by atoms with van der Waals surface area (Å²) in [6.07, 6.45) is 0. The molecule has 7 nitrogen and oxygen atoms in total. The third-order valence-corrected chi connectivity index (χ3v) is 2.04. The fourth-order valence-electron chi connectivity index (χ4n) is 1.08. The Hall–Kier alpha value is -1.89. The van der Waals surface area contributed by atoms with E-state index in [0.717, 1.165) is 5.69 Å². The Kier molecular flexibility index (Phi) is 3.28. The first-order valence-electron chi connectivity index (χ1n) is 4.75. The van der Waals surface area contributed by atoms with Crippen LogP contribution in [-0.2, 0) is 4.79 Å². The molecule has 0 aromatic carbocycles. The molecule has 1 aromatic rings. The summed E-state index contributed by atoms with van der Waals surface area (Å²) in [5.41, 5.74) is 7.43. The first kappa shape index (κ1) is 12.2. The molecule has 1 amide bonds. The second-order valence-corrected chi connectivity index (χ2v) is 3.98. The van der Waals surface area contributed by atoms with E-state index in [-0.39, 0.29) is 5.95 Å². The van der Waals surface area contributed by atoms with Crippen LogP contribution in [0, 0.1) is 6.92 Å². The number of nitrogens with one attached hydrogen (secondary N) is 2. The van der Waals surface area contributed by atoms with Gasteiger partial charge in [0.1, 0.15) is 11.4 Å². The van der Waals surface area contributed by atoms with Gasteiger partial charge in [-0.1, -0.05) is 0 Å². The number of hydrogen-bond acceptors (Lipinski definition) is 6. The summed E-state index contributed by atoms with van der Waals surface area (Å²) in [5, 5.41) is 2.91. The molecule has 7 heteroatoms. The van der Waals surface area contributed by atoms with E-state index in [1.807, 2.05) is 0 Å². The number of nitrogens with zero attached hydrogens (tertiary/aromatic N) is 2. The van der Waals surface area contributed by atoms with Crippen LogP contribution in [0.25, 0.3) is 0 Å². The Morgan fingerprint density at radius 1 is 1.44 bits per heavy atom. The van der Waals surface area contributed by atoms with Crippen molar-refractivity contribution in [2.24, 2.45) is 11.6 Å². The Morgan fingerprint density at radius 3 is 2.56 bits per heavy atom. The van der Waals surface area contributed by atoms with Crippen molar-refractivity contribution < 1.29 is 4.79 Å². The topological polar surface area (TPSA) is 119 Å². The lowest BCUT2D eigenvalue weighted by Crippen LogP contribution is -2.45. The van der Waals surface area contributed by atoms with E-state index >= 15 is 0 Å². The van der Waals surface area contributed by atoms with Gasteiger partial charge in [-0.15, -0.1) is 0 Å². The van der Waals surface area contributed by atoms with Crippen molar-refractivity contribution in [2.75, 3.05) is 10.7 Å². The summed E-state index contributed by atoms with van der Waals surface area (Å²) in [6, 6.07) is 1.70. The number of hydrazine groups is 1. The van der Waals surface area contributed by atoms with Gasteiger partial charge in [0.05, 0.1) is 0 Å². The Balaban J connectivity index is 2.97. The van der Waals surface area contributed by atoms with Gasteiger partial charge in [-0.2, -0.15) is 4.98 Å². The lowest BCUT2D eigenvalue weighted by Gasteiger charge is -2.23. The minimum atomic E-state index is -0.882. The fraction of sp³-hybridized carbons (Fsp3) is 0.444. The molecule has 0 spiro atoms. The molecule has 0 aliphatic heterocycles. The smallest absolute Gasteiger partial charge is 0.242 e. The second-order valence-electron chi connectivity index (χ2n) is 3.98. The van der Waals surface area contributed by atoms with Crippen LogP contribution in [-0.4, -0.2) is 21.4 Å². The van der Waals surface area contributed by atoms with Gasteiger partial charge in [0.15, 0.2) is 0 Å². The number of carbonyl (C=O) groups excluding carboxylic acids is 1. The average Bonchev–Trinajstić information content (AvgIpc) is 2.15. The molecule has 0 saturated carbocycles. The summed E-state index contributed by atoms with van der Waals surface area (Å²) < 4.78 is 0. The summed E-state index contributed by atoms with van der Waals surface area (Å²) in [5.74, 6) is 5.52. The number of hydrogen-bond donors (Lipinski definition) is 4. The lowest BCUT2D eigenvalue weighted by atomic mass is 10.1. The normalized spacial score (nSPS) is 11.0. The minimum Gasteiger partial charge on any atom is -0.368 e. The van der Waals surface area contributed by atoms with E-state index in [1.54, 1.807) is 26.8 Å². The molecule has 6 N–H and O–H groups in total. The van der Waals surface area contributed by atoms with Gasteiger partial charge in [0, 0.05) is 11.8 Å². The zero-order valence-electron chi connectivity index (χ0n) is 9.53. The highest BCUT2D eigenvalue weighted by atomic mass is 16.1. The predicted molar refractivity (Wildman–Crippen MR) is 61.5 cm³/mol. The van der Waals surface area contributed by atoms with Crippen molar-refractivity contribution in [1.29, 1.82) is 0 Å². The number of nitrogen functional groups attached to an aromatic ring is 1. The van der Waals surface area contributed by atoms with Crippen molar-refractivity contribution in [2.45, 2.75) is 26.3 Å². The Labute approximate surface area is 93.6 Å². The van der Waals surface area contributed by atoms with Crippen LogP contribution in [0.15, 0.2) is 6.07 Å². The molecule has 0 radical (unpaired) electrons. The van der Waals surface area contributed by atoms with Gasteiger partial charge in [-0.25, -0.2) is 10.8 Å². The predicted octanol–water partition coefficient (Wildman–Crippen LogP) is -0.254. The van der Waals surface area contributed by atoms with Crippen molar-refractivity contribution in [3.8, 4) is 0 Å². The van der Waals surface area contributed by atoms with E-state index < -0.39 is 11.4 Å². The SMILES string of the molecule is Cc1cc(NC(C)(C)C(N)=O)nc(NN)n1. The molecule has 88 valence electrons. The average molecular weight is 224 g/mol. The Bertz CT molecular complexity index is 403. The van der Waals surface area contributed by atoms with Gasteiger partial charge in [-0.3, -0.25) is 10.2 Å². The first-order valence-corrected chi connectivity index (χ1v) is 4.75. The molecule has 0 aliphatic rings. The standard InChI is InChI=1S/C9H16N6O/c1-5-4-6(13-8(12-5)15-11)14-9(2,3)7(10)16/h4H,11H2,1-3H3,(H2,10,16)(H2,12,13,14,15). The van der Waals surface area contributed by atoms with E-state index in [9.17, 15) is 4.79 Å². The highest BCUT2D eigenvalue weighted by Crippen LogP contribution is 2.14. The van der Waals surface area contributed by atoms with Crippen molar-refractivity contribution in [3.05, 3.63) is 11.8 Å². The molecule has 0 saturated heterocycles. The molecule has 16 heavy (non-hydrogen) atoms. The summed E-state index contributed by atoms with van der Waals surface area (Å²) in [4.78, 5) is 19.2. The summed E-state index contributed by atoms with van der Waals surface area (Å²) in [6.45, 7) is 5.13. The summed E-state index contributed by atoms with van der Waals surface area (Å²) in [7, 11) is 0. The third kappa shape index (κ3) is 2.80. The van der Waals surface area contributed by atoms with Crippen LogP contribution in [0.5, 0.6) is 0 Å². The van der Waals surface area contributed by atoms with Crippen LogP contribution in [0.2, 0.25) is 0 Å². The van der Waals surface area contributed by atoms with Gasteiger partial charge >= 0.3 is 0 Å². The second kappa shape index (κ2) is 4.31. The van der Waals surface area contributed by atoms with Crippen LogP contribution >= 0.6 is 0 Å². The number of aryl methyl sites for hydroxylation is 1. The number of primary amides is 1. The number of carbonyl (C=O) groups is 1. The number of amides is 1. The fourth-order valence-corrected chi connectivity index (χ4v) is 1.08. The van der Waals surface area contributed by atoms with Crippen molar-refractivity contribution >= 4 is 17.7 Å². The highest BCUT2D eigenvalue weighted by Gasteiger charge is 2.25. The monoisotopic (exact) mass is 224 g/mol. The van der Waals surface area contributed by atoms with E-state index in [0.29, 0.717) is 5.82 Å². The first-order chi connectivity index (χ1) is 7.35. The van der Waals surface area contributed by atoms with Crippen molar-refractivity contribution in [1.82, 2.24) is 9.97 Å². The molecule has 1 aromatic heterocycles. The van der Waals surface area contributed by atoms with Crippen LogP contribution in [0.3, 0.4) is 0 Å². The van der Waals surface area contributed by atoms with Crippen LogP contribution < -0.4 is 22.3 Å². The van der Waals surface area contributed by atoms with E-state index in [4.69, 9.17) is 11.6 Å². The lowest BCUT2D eigenvalue weighted by molar-refractivity contribution is -0.121. The largest absolute Gasteiger partial charge is 0.368 e. The highest BCUT2D eigenvalue weighted by molar-refractivity contribution is 5.86. The molecule has 0 fully saturated rings. The van der Waals surface area contributed by atoms with Gasteiger partial charge in [0.25, 0.3) is 0 Å². The zero-order valence-corrected chi connectivity index (χ0v) is 9.53. The van der Waals surface area contributed by atoms with Crippen molar-refractivity contribution in [3.63, 3.8) is 0 Å². The maximum absolute atomic E-state index is 11.1. The Morgan fingerprint density at radius 2 is 2.06 bits per heavy atom. The minimum absolute atomic E-state index is 0.280. The van der Waals surface area contributed by atoms with E-state index in [2.05, 4.69) is 20.7 Å². The third-order valence-electron chi connectivity index (χ3n) is 2.04. The molecule has 0 bridgehead atoms. The number of rotatable bonds is 4. The molecular weight excluding hydrogens is 208 g/mol. The van der Waals surface area contributed by atoms with Gasteiger partial charge < -0.3 is 11.1 Å². The zero-order chi connectivity index (χ0) is 12.3. The molecule has 1 rings (SSSR count). The number of aromatic nitrogens is 2. The van der Waals surface area contributed by atoms with Gasteiger partial charge in [0.2, 0.25) is 11.9 Å². The molecule has 1 heterocycles. The maximum atomic E-state index is 11.1.